The van der Waals surface area contributed by atoms with Crippen molar-refractivity contribution >= 4 is 5.69 Å². The molecule has 0 saturated carbocycles. The van der Waals surface area contributed by atoms with Gasteiger partial charge in [0, 0.05) is 18.4 Å². The van der Waals surface area contributed by atoms with Crippen molar-refractivity contribution in [2.75, 3.05) is 11.4 Å². The van der Waals surface area contributed by atoms with E-state index in [4.69, 9.17) is 0 Å². The van der Waals surface area contributed by atoms with E-state index in [1.807, 2.05) is 12.2 Å². The van der Waals surface area contributed by atoms with E-state index in [0.29, 0.717) is 12.2 Å². The molecule has 0 radical (unpaired) electrons. The Balaban J connectivity index is 2.29. The number of halogens is 3. The molecule has 0 aromatic heterocycles. The molecule has 2 rings (SSSR count). The Labute approximate surface area is 91.5 Å². The molecule has 1 aliphatic rings. The van der Waals surface area contributed by atoms with Crippen LogP contribution in [0.5, 0.6) is 0 Å². The number of hydrogen-bond donors (Lipinski definition) is 0. The lowest BCUT2D eigenvalue weighted by Crippen LogP contribution is -2.18. The summed E-state index contributed by atoms with van der Waals surface area (Å²) in [7, 11) is 0. The molecule has 0 amide bonds. The molecule has 1 aromatic carbocycles. The maximum atomic E-state index is 12.5. The Hall–Kier alpha value is -1.71. The molecule has 0 bridgehead atoms. The quantitative estimate of drug-likeness (QED) is 0.705. The number of allylic oxidation sites excluding steroid dienone is 2. The van der Waals surface area contributed by atoms with Gasteiger partial charge in [0.2, 0.25) is 0 Å². The monoisotopic (exact) mass is 225 g/mol. The molecular formula is C12H10F3N. The van der Waals surface area contributed by atoms with E-state index >= 15 is 0 Å². The van der Waals surface area contributed by atoms with E-state index in [-0.39, 0.29) is 0 Å². The van der Waals surface area contributed by atoms with Crippen LogP contribution in [-0.2, 0) is 6.18 Å². The van der Waals surface area contributed by atoms with Gasteiger partial charge < -0.3 is 4.90 Å². The van der Waals surface area contributed by atoms with Crippen molar-refractivity contribution in [3.05, 3.63) is 54.3 Å². The highest BCUT2D eigenvalue weighted by Gasteiger charge is 2.30. The second kappa shape index (κ2) is 4.04. The Bertz CT molecular complexity index is 432. The van der Waals surface area contributed by atoms with E-state index in [2.05, 4.69) is 0 Å². The van der Waals surface area contributed by atoms with E-state index in [0.717, 1.165) is 12.1 Å². The third kappa shape index (κ3) is 2.27. The van der Waals surface area contributed by atoms with Gasteiger partial charge in [-0.3, -0.25) is 0 Å². The zero-order valence-corrected chi connectivity index (χ0v) is 8.41. The maximum absolute atomic E-state index is 12.5. The minimum atomic E-state index is -4.29. The molecule has 0 fully saturated rings. The van der Waals surface area contributed by atoms with Crippen molar-refractivity contribution in [3.63, 3.8) is 0 Å². The van der Waals surface area contributed by atoms with Crippen LogP contribution in [0.15, 0.2) is 48.7 Å². The summed E-state index contributed by atoms with van der Waals surface area (Å²) in [4.78, 5) is 1.76. The molecule has 0 N–H and O–H groups in total. The average molecular weight is 225 g/mol. The molecule has 4 heteroatoms. The van der Waals surface area contributed by atoms with Crippen LogP contribution in [0.25, 0.3) is 0 Å². The van der Waals surface area contributed by atoms with Crippen LogP contribution in [0.4, 0.5) is 18.9 Å². The Morgan fingerprint density at radius 3 is 2.56 bits per heavy atom. The standard InChI is InChI=1S/C12H10F3N/c13-12(14,15)10-5-4-6-11(9-10)16-7-2-1-3-8-16/h1-7,9H,8H2. The van der Waals surface area contributed by atoms with Crippen LogP contribution in [-0.4, -0.2) is 6.54 Å². The molecule has 1 aromatic rings. The van der Waals surface area contributed by atoms with Crippen molar-refractivity contribution in [1.29, 1.82) is 0 Å². The van der Waals surface area contributed by atoms with Crippen LogP contribution >= 0.6 is 0 Å². The van der Waals surface area contributed by atoms with E-state index in [1.54, 1.807) is 23.2 Å². The normalized spacial score (nSPS) is 15.6. The van der Waals surface area contributed by atoms with Crippen molar-refractivity contribution in [2.45, 2.75) is 6.18 Å². The van der Waals surface area contributed by atoms with E-state index in [9.17, 15) is 13.2 Å². The maximum Gasteiger partial charge on any atom is 0.416 e. The molecule has 0 saturated heterocycles. The smallest absolute Gasteiger partial charge is 0.344 e. The van der Waals surface area contributed by atoms with Crippen LogP contribution in [0.1, 0.15) is 5.56 Å². The topological polar surface area (TPSA) is 3.24 Å². The number of anilines is 1. The van der Waals surface area contributed by atoms with Gasteiger partial charge in [-0.25, -0.2) is 0 Å². The molecular weight excluding hydrogens is 215 g/mol. The van der Waals surface area contributed by atoms with Crippen molar-refractivity contribution in [3.8, 4) is 0 Å². The minimum Gasteiger partial charge on any atom is -0.344 e. The second-order valence-corrected chi connectivity index (χ2v) is 3.47. The fourth-order valence-corrected chi connectivity index (χ4v) is 1.52. The van der Waals surface area contributed by atoms with Crippen LogP contribution in [0, 0.1) is 0 Å². The summed E-state index contributed by atoms with van der Waals surface area (Å²) >= 11 is 0. The second-order valence-electron chi connectivity index (χ2n) is 3.47. The average Bonchev–Trinajstić information content (AvgIpc) is 2.29. The number of hydrogen-bond acceptors (Lipinski definition) is 1. The summed E-state index contributed by atoms with van der Waals surface area (Å²) in [6, 6.07) is 5.32. The summed E-state index contributed by atoms with van der Waals surface area (Å²) < 4.78 is 37.5. The van der Waals surface area contributed by atoms with Crippen LogP contribution in [0.3, 0.4) is 0 Å². The number of nitrogens with zero attached hydrogens (tertiary/aromatic N) is 1. The lowest BCUT2D eigenvalue weighted by Gasteiger charge is -2.21. The minimum absolute atomic E-state index is 0.551. The molecule has 0 aliphatic carbocycles. The lowest BCUT2D eigenvalue weighted by molar-refractivity contribution is -0.137. The number of benzene rings is 1. The number of alkyl halides is 3. The highest BCUT2D eigenvalue weighted by molar-refractivity contribution is 5.53. The zero-order valence-electron chi connectivity index (χ0n) is 8.41. The zero-order chi connectivity index (χ0) is 11.6. The predicted molar refractivity (Wildman–Crippen MR) is 57.1 cm³/mol. The lowest BCUT2D eigenvalue weighted by atomic mass is 10.1. The molecule has 0 atom stereocenters. The van der Waals surface area contributed by atoms with Gasteiger partial charge in [-0.15, -0.1) is 0 Å². The number of rotatable bonds is 1. The van der Waals surface area contributed by atoms with Gasteiger partial charge in [0.05, 0.1) is 5.56 Å². The fraction of sp³-hybridized carbons (Fsp3) is 0.167. The van der Waals surface area contributed by atoms with Gasteiger partial charge in [-0.05, 0) is 24.3 Å². The SMILES string of the molecule is FC(F)(F)c1cccc(N2C=CC=CC2)c1. The fourth-order valence-electron chi connectivity index (χ4n) is 1.52. The molecule has 84 valence electrons. The summed E-state index contributed by atoms with van der Waals surface area (Å²) in [5.74, 6) is 0. The van der Waals surface area contributed by atoms with Gasteiger partial charge in [0.15, 0.2) is 0 Å². The van der Waals surface area contributed by atoms with Crippen LogP contribution < -0.4 is 4.90 Å². The summed E-state index contributed by atoms with van der Waals surface area (Å²) in [5.41, 5.74) is -0.0663. The predicted octanol–water partition coefficient (Wildman–Crippen LogP) is 3.60. The first-order valence-corrected chi connectivity index (χ1v) is 4.84. The van der Waals surface area contributed by atoms with Gasteiger partial charge in [0.1, 0.15) is 0 Å². The largest absolute Gasteiger partial charge is 0.416 e. The molecule has 0 unspecified atom stereocenters. The first-order valence-electron chi connectivity index (χ1n) is 4.84. The molecule has 16 heavy (non-hydrogen) atoms. The van der Waals surface area contributed by atoms with Crippen LogP contribution in [0.2, 0.25) is 0 Å². The Morgan fingerprint density at radius 1 is 1.12 bits per heavy atom. The molecule has 1 heterocycles. The highest BCUT2D eigenvalue weighted by atomic mass is 19.4. The van der Waals surface area contributed by atoms with Gasteiger partial charge in [-0.2, -0.15) is 13.2 Å². The summed E-state index contributed by atoms with van der Waals surface area (Å²) in [6.45, 7) is 0.595. The molecule has 0 spiro atoms. The van der Waals surface area contributed by atoms with Gasteiger partial charge >= 0.3 is 6.18 Å². The Morgan fingerprint density at radius 2 is 1.94 bits per heavy atom. The van der Waals surface area contributed by atoms with Crippen molar-refractivity contribution in [2.24, 2.45) is 0 Å². The first-order chi connectivity index (χ1) is 7.57. The van der Waals surface area contributed by atoms with E-state index < -0.39 is 11.7 Å². The third-order valence-corrected chi connectivity index (χ3v) is 2.32. The molecule has 1 nitrogen and oxygen atoms in total. The van der Waals surface area contributed by atoms with Gasteiger partial charge in [0.25, 0.3) is 0 Å². The third-order valence-electron chi connectivity index (χ3n) is 2.32. The Kier molecular flexibility index (Phi) is 2.73. The van der Waals surface area contributed by atoms with Crippen molar-refractivity contribution < 1.29 is 13.2 Å². The molecule has 1 aliphatic heterocycles. The first kappa shape index (κ1) is 10.8. The summed E-state index contributed by atoms with van der Waals surface area (Å²) in [5, 5.41) is 0. The van der Waals surface area contributed by atoms with Crippen molar-refractivity contribution in [1.82, 2.24) is 0 Å². The summed E-state index contributed by atoms with van der Waals surface area (Å²) in [6.07, 6.45) is 3.02. The van der Waals surface area contributed by atoms with Gasteiger partial charge in [-0.1, -0.05) is 18.2 Å². The highest BCUT2D eigenvalue weighted by Crippen LogP contribution is 2.31. The van der Waals surface area contributed by atoms with E-state index in [1.165, 1.54) is 6.07 Å².